The Morgan fingerprint density at radius 2 is 0.844 bits per heavy atom. The molecule has 0 amide bonds. The van der Waals surface area contributed by atoms with Crippen molar-refractivity contribution in [3.63, 3.8) is 0 Å². The Morgan fingerprint density at radius 3 is 1.42 bits per heavy atom. The van der Waals surface area contributed by atoms with Crippen LogP contribution in [0.4, 0.5) is 0 Å². The minimum absolute atomic E-state index is 0.781. The molecule has 7 aromatic rings. The Bertz CT molecular complexity index is 2100. The Kier molecular flexibility index (Phi) is 6.62. The van der Waals surface area contributed by atoms with Gasteiger partial charge < -0.3 is 0 Å². The maximum atomic E-state index is 5.43. The smallest absolute Gasteiger partial charge is 0.159 e. The molecule has 45 heavy (non-hydrogen) atoms. The zero-order valence-corrected chi connectivity index (χ0v) is 26.4. The van der Waals surface area contributed by atoms with Crippen LogP contribution in [-0.4, -0.2) is 18.0 Å². The molecule has 0 aliphatic carbocycles. The maximum Gasteiger partial charge on any atom is 0.159 e. The number of hydrogen-bond donors (Lipinski definition) is 0. The summed E-state index contributed by atoms with van der Waals surface area (Å²) in [5, 5.41) is 2.64. The molecule has 2 nitrogen and oxygen atoms in total. The van der Waals surface area contributed by atoms with E-state index >= 15 is 0 Å². The first-order chi connectivity index (χ1) is 22.1. The van der Waals surface area contributed by atoms with Crippen LogP contribution in [-0.2, 0) is 0 Å². The molecular weight excluding hydrogens is 561 g/mol. The van der Waals surface area contributed by atoms with Gasteiger partial charge in [-0.3, -0.25) is 0 Å². The van der Waals surface area contributed by atoms with Gasteiger partial charge >= 0.3 is 0 Å². The number of aromatic nitrogens is 2. The topological polar surface area (TPSA) is 25.8 Å². The van der Waals surface area contributed by atoms with Gasteiger partial charge in [-0.2, -0.15) is 0 Å². The van der Waals surface area contributed by atoms with E-state index in [1.54, 1.807) is 0 Å². The minimum atomic E-state index is -2.08. The third kappa shape index (κ3) is 4.82. The van der Waals surface area contributed by atoms with Crippen LogP contribution < -0.4 is 10.5 Å². The molecule has 0 fully saturated rings. The summed E-state index contributed by atoms with van der Waals surface area (Å²) in [4.78, 5) is 10.8. The van der Waals surface area contributed by atoms with Crippen molar-refractivity contribution >= 4 is 18.6 Å². The standard InChI is InChI=1S/C42H32N2Si/c1-45(2)38-21-13-12-20-37(38)39-40(43-41(44-42(39)45)33-24-22-32(23-25-33)29-14-6-3-7-15-29)36-27-34(30-16-8-4-9-17-30)26-35(28-36)31-18-10-5-11-19-31/h3-28H,1-2H3. The van der Waals surface area contributed by atoms with Gasteiger partial charge in [0.2, 0.25) is 0 Å². The highest BCUT2D eigenvalue weighted by molar-refractivity contribution is 7.03. The zero-order chi connectivity index (χ0) is 30.4. The van der Waals surface area contributed by atoms with Crippen LogP contribution in [0.25, 0.3) is 67.2 Å². The van der Waals surface area contributed by atoms with Crippen molar-refractivity contribution < 1.29 is 0 Å². The Balaban J connectivity index is 1.38. The molecule has 0 spiro atoms. The molecule has 8 rings (SSSR count). The summed E-state index contributed by atoms with van der Waals surface area (Å²) >= 11 is 0. The average Bonchev–Trinajstić information content (AvgIpc) is 3.35. The van der Waals surface area contributed by atoms with Gasteiger partial charge in [-0.25, -0.2) is 9.97 Å². The van der Waals surface area contributed by atoms with Crippen molar-refractivity contribution in [3.8, 4) is 67.2 Å². The monoisotopic (exact) mass is 592 g/mol. The molecular formula is C42H32N2Si. The van der Waals surface area contributed by atoms with Crippen LogP contribution in [0.5, 0.6) is 0 Å². The van der Waals surface area contributed by atoms with Gasteiger partial charge in [0.25, 0.3) is 0 Å². The summed E-state index contributed by atoms with van der Waals surface area (Å²) in [5.41, 5.74) is 12.7. The van der Waals surface area contributed by atoms with E-state index in [-0.39, 0.29) is 0 Å². The first-order valence-electron chi connectivity index (χ1n) is 15.5. The van der Waals surface area contributed by atoms with E-state index in [1.807, 2.05) is 0 Å². The van der Waals surface area contributed by atoms with Crippen LogP contribution >= 0.6 is 0 Å². The Labute approximate surface area is 265 Å². The van der Waals surface area contributed by atoms with E-state index in [1.165, 1.54) is 55.0 Å². The summed E-state index contributed by atoms with van der Waals surface area (Å²) in [6.07, 6.45) is 0. The minimum Gasteiger partial charge on any atom is -0.237 e. The van der Waals surface area contributed by atoms with E-state index in [4.69, 9.17) is 9.97 Å². The second kappa shape index (κ2) is 11.0. The molecule has 1 aromatic heterocycles. The Hall–Kier alpha value is -5.38. The molecule has 0 atom stereocenters. The van der Waals surface area contributed by atoms with Gasteiger partial charge in [-0.15, -0.1) is 0 Å². The predicted octanol–water partition coefficient (Wildman–Crippen LogP) is 9.61. The number of hydrogen-bond acceptors (Lipinski definition) is 2. The fourth-order valence-electron chi connectivity index (χ4n) is 6.68. The normalized spacial score (nSPS) is 12.8. The zero-order valence-electron chi connectivity index (χ0n) is 25.4. The van der Waals surface area contributed by atoms with E-state index in [0.29, 0.717) is 0 Å². The molecule has 6 aromatic carbocycles. The van der Waals surface area contributed by atoms with Gasteiger partial charge in [0, 0.05) is 22.0 Å². The van der Waals surface area contributed by atoms with E-state index in [2.05, 4.69) is 171 Å². The lowest BCUT2D eigenvalue weighted by molar-refractivity contribution is 1.21. The molecule has 3 heteroatoms. The molecule has 1 aliphatic heterocycles. The van der Waals surface area contributed by atoms with E-state index < -0.39 is 8.07 Å². The summed E-state index contributed by atoms with van der Waals surface area (Å²) in [5.74, 6) is 0.781. The van der Waals surface area contributed by atoms with Crippen LogP contribution in [0.2, 0.25) is 13.1 Å². The first-order valence-corrected chi connectivity index (χ1v) is 18.5. The molecule has 0 bridgehead atoms. The number of nitrogens with zero attached hydrogens (tertiary/aromatic N) is 2. The van der Waals surface area contributed by atoms with Crippen LogP contribution in [0.3, 0.4) is 0 Å². The predicted molar refractivity (Wildman–Crippen MR) is 191 cm³/mol. The quantitative estimate of drug-likeness (QED) is 0.186. The lowest BCUT2D eigenvalue weighted by Crippen LogP contribution is -2.50. The molecule has 0 saturated heterocycles. The van der Waals surface area contributed by atoms with E-state index in [9.17, 15) is 0 Å². The van der Waals surface area contributed by atoms with Crippen LogP contribution in [0.15, 0.2) is 158 Å². The Morgan fingerprint density at radius 1 is 0.400 bits per heavy atom. The van der Waals surface area contributed by atoms with Gasteiger partial charge in [0.15, 0.2) is 5.82 Å². The summed E-state index contributed by atoms with van der Waals surface area (Å²) < 4.78 is 0. The maximum absolute atomic E-state index is 5.43. The lowest BCUT2D eigenvalue weighted by atomic mass is 9.92. The van der Waals surface area contributed by atoms with Crippen molar-refractivity contribution in [2.45, 2.75) is 13.1 Å². The molecule has 2 heterocycles. The molecule has 0 radical (unpaired) electrons. The average molecular weight is 593 g/mol. The van der Waals surface area contributed by atoms with Gasteiger partial charge in [-0.1, -0.05) is 153 Å². The molecule has 0 N–H and O–H groups in total. The molecule has 1 aliphatic rings. The summed E-state index contributed by atoms with van der Waals surface area (Å²) in [7, 11) is -2.08. The lowest BCUT2D eigenvalue weighted by Gasteiger charge is -2.19. The fourth-order valence-corrected chi connectivity index (χ4v) is 9.59. The van der Waals surface area contributed by atoms with Crippen molar-refractivity contribution in [1.82, 2.24) is 9.97 Å². The largest absolute Gasteiger partial charge is 0.237 e. The number of benzene rings is 6. The molecule has 0 unspecified atom stereocenters. The summed E-state index contributed by atoms with van der Waals surface area (Å²) in [6, 6.07) is 56.3. The van der Waals surface area contributed by atoms with Crippen molar-refractivity contribution in [2.24, 2.45) is 0 Å². The highest BCUT2D eigenvalue weighted by atomic mass is 28.3. The van der Waals surface area contributed by atoms with Crippen LogP contribution in [0.1, 0.15) is 0 Å². The van der Waals surface area contributed by atoms with Crippen molar-refractivity contribution in [1.29, 1.82) is 0 Å². The van der Waals surface area contributed by atoms with Gasteiger partial charge in [0.05, 0.1) is 5.69 Å². The molecule has 214 valence electrons. The van der Waals surface area contributed by atoms with E-state index in [0.717, 1.165) is 22.6 Å². The third-order valence-electron chi connectivity index (χ3n) is 9.04. The number of rotatable bonds is 5. The second-order valence-electron chi connectivity index (χ2n) is 12.3. The highest BCUT2D eigenvalue weighted by Gasteiger charge is 2.41. The fraction of sp³-hybridized carbons (Fsp3) is 0.0476. The second-order valence-corrected chi connectivity index (χ2v) is 16.5. The summed E-state index contributed by atoms with van der Waals surface area (Å²) in [6.45, 7) is 4.85. The van der Waals surface area contributed by atoms with Crippen LogP contribution in [0, 0.1) is 0 Å². The number of fused-ring (bicyclic) bond motifs is 3. The van der Waals surface area contributed by atoms with Crippen molar-refractivity contribution in [2.75, 3.05) is 0 Å². The van der Waals surface area contributed by atoms with Gasteiger partial charge in [0.1, 0.15) is 8.07 Å². The van der Waals surface area contributed by atoms with Gasteiger partial charge in [-0.05, 0) is 62.3 Å². The third-order valence-corrected chi connectivity index (χ3v) is 12.4. The SMILES string of the molecule is C[Si]1(C)c2ccccc2-c2c(-c3cc(-c4ccccc4)cc(-c4ccccc4)c3)nc(-c3ccc(-c4ccccc4)cc3)nc21. The van der Waals surface area contributed by atoms with Crippen molar-refractivity contribution in [3.05, 3.63) is 158 Å². The first kappa shape index (κ1) is 27.2. The highest BCUT2D eigenvalue weighted by Crippen LogP contribution is 2.39. The molecule has 0 saturated carbocycles.